The number of aryl methyl sites for hydroxylation is 1. The van der Waals surface area contributed by atoms with Crippen molar-refractivity contribution in [3.8, 4) is 0 Å². The number of aromatic nitrogens is 1. The minimum absolute atomic E-state index is 0.290. The average Bonchev–Trinajstić information content (AvgIpc) is 2.92. The Hall–Kier alpha value is -1.28. The molecule has 0 spiro atoms. The highest BCUT2D eigenvalue weighted by molar-refractivity contribution is 7.89. The van der Waals surface area contributed by atoms with Crippen LogP contribution >= 0.6 is 11.3 Å². The molecule has 0 atom stereocenters. The first-order chi connectivity index (χ1) is 9.53. The van der Waals surface area contributed by atoms with Gasteiger partial charge < -0.3 is 5.73 Å². The molecule has 2 aromatic rings. The third-order valence-electron chi connectivity index (χ3n) is 2.93. The summed E-state index contributed by atoms with van der Waals surface area (Å²) in [5.41, 5.74) is 9.70. The number of benzene rings is 1. The van der Waals surface area contributed by atoms with Crippen LogP contribution < -0.4 is 10.5 Å². The van der Waals surface area contributed by atoms with E-state index in [4.69, 9.17) is 5.73 Å². The highest BCUT2D eigenvalue weighted by Gasteiger charge is 2.16. The van der Waals surface area contributed by atoms with Crippen molar-refractivity contribution in [1.82, 2.24) is 9.71 Å². The van der Waals surface area contributed by atoms with Gasteiger partial charge in [-0.25, -0.2) is 18.1 Å². The van der Waals surface area contributed by atoms with Crippen molar-refractivity contribution in [3.05, 3.63) is 45.9 Å². The summed E-state index contributed by atoms with van der Waals surface area (Å²) in [7, 11) is -3.51. The monoisotopic (exact) mass is 311 g/mol. The molecule has 0 fully saturated rings. The van der Waals surface area contributed by atoms with Gasteiger partial charge in [0.25, 0.3) is 0 Å². The van der Waals surface area contributed by atoms with E-state index in [1.807, 2.05) is 11.4 Å². The maximum absolute atomic E-state index is 12.3. The summed E-state index contributed by atoms with van der Waals surface area (Å²) in [5.74, 6) is 0. The van der Waals surface area contributed by atoms with Crippen molar-refractivity contribution in [3.63, 3.8) is 0 Å². The number of nitrogens with zero attached hydrogens (tertiary/aromatic N) is 1. The lowest BCUT2D eigenvalue weighted by Crippen LogP contribution is -2.27. The smallest absolute Gasteiger partial charge is 0.240 e. The summed E-state index contributed by atoms with van der Waals surface area (Å²) >= 11 is 1.50. The Morgan fingerprint density at radius 1 is 1.40 bits per heavy atom. The first-order valence-corrected chi connectivity index (χ1v) is 8.62. The third kappa shape index (κ3) is 3.63. The summed E-state index contributed by atoms with van der Waals surface area (Å²) in [6.07, 6.45) is 0.582. The minimum atomic E-state index is -3.51. The summed E-state index contributed by atoms with van der Waals surface area (Å²) in [6, 6.07) is 5.24. The molecule has 0 amide bonds. The van der Waals surface area contributed by atoms with Gasteiger partial charge >= 0.3 is 0 Å². The molecule has 108 valence electrons. The number of thiazole rings is 1. The van der Waals surface area contributed by atoms with E-state index in [0.29, 0.717) is 30.0 Å². The Morgan fingerprint density at radius 3 is 2.85 bits per heavy atom. The Morgan fingerprint density at radius 2 is 2.20 bits per heavy atom. The van der Waals surface area contributed by atoms with Crippen molar-refractivity contribution in [2.75, 3.05) is 6.54 Å². The van der Waals surface area contributed by atoms with Crippen molar-refractivity contribution in [2.45, 2.75) is 24.8 Å². The van der Waals surface area contributed by atoms with Crippen molar-refractivity contribution in [2.24, 2.45) is 5.73 Å². The molecule has 1 aromatic carbocycles. The van der Waals surface area contributed by atoms with Crippen LogP contribution in [0.3, 0.4) is 0 Å². The van der Waals surface area contributed by atoms with Gasteiger partial charge in [-0.3, -0.25) is 0 Å². The second kappa shape index (κ2) is 6.45. The van der Waals surface area contributed by atoms with Gasteiger partial charge in [0.2, 0.25) is 10.0 Å². The number of nitrogens with two attached hydrogens (primary N) is 1. The van der Waals surface area contributed by atoms with E-state index in [1.165, 1.54) is 11.3 Å². The molecule has 0 saturated carbocycles. The van der Waals surface area contributed by atoms with Crippen molar-refractivity contribution < 1.29 is 8.42 Å². The van der Waals surface area contributed by atoms with Crippen LogP contribution in [0.2, 0.25) is 0 Å². The molecule has 0 bridgehead atoms. The molecule has 3 N–H and O–H groups in total. The zero-order valence-corrected chi connectivity index (χ0v) is 12.8. The lowest BCUT2D eigenvalue weighted by Gasteiger charge is -2.10. The fourth-order valence-corrected chi connectivity index (χ4v) is 3.73. The topological polar surface area (TPSA) is 85.1 Å². The molecule has 0 radical (unpaired) electrons. The van der Waals surface area contributed by atoms with E-state index >= 15 is 0 Å². The van der Waals surface area contributed by atoms with Crippen molar-refractivity contribution in [1.29, 1.82) is 0 Å². The summed E-state index contributed by atoms with van der Waals surface area (Å²) < 4.78 is 27.2. The molecular formula is C13H17N3O2S2. The Balaban J connectivity index is 2.09. The largest absolute Gasteiger partial charge is 0.326 e. The predicted molar refractivity (Wildman–Crippen MR) is 80.1 cm³/mol. The molecule has 7 heteroatoms. The zero-order valence-electron chi connectivity index (χ0n) is 11.2. The Bertz CT molecular complexity index is 667. The van der Waals surface area contributed by atoms with Crippen LogP contribution in [0.4, 0.5) is 0 Å². The molecule has 20 heavy (non-hydrogen) atoms. The molecular weight excluding hydrogens is 294 g/mol. The van der Waals surface area contributed by atoms with Gasteiger partial charge in [-0.1, -0.05) is 12.1 Å². The molecule has 1 heterocycles. The molecule has 2 rings (SSSR count). The van der Waals surface area contributed by atoms with E-state index in [-0.39, 0.29) is 0 Å². The Kier molecular flexibility index (Phi) is 4.87. The summed E-state index contributed by atoms with van der Waals surface area (Å²) in [4.78, 5) is 4.41. The zero-order chi connectivity index (χ0) is 14.6. The van der Waals surface area contributed by atoms with Gasteiger partial charge in [-0.2, -0.15) is 0 Å². The molecule has 1 aromatic heterocycles. The SMILES string of the molecule is Cc1ccc(CN)cc1S(=O)(=O)NCCc1cscn1. The third-order valence-corrected chi connectivity index (χ3v) is 5.17. The highest BCUT2D eigenvalue weighted by atomic mass is 32.2. The van der Waals surface area contributed by atoms with Crippen LogP contribution in [0, 0.1) is 6.92 Å². The molecule has 0 saturated heterocycles. The van der Waals surface area contributed by atoms with E-state index < -0.39 is 10.0 Å². The van der Waals surface area contributed by atoms with Gasteiger partial charge in [0.05, 0.1) is 16.1 Å². The average molecular weight is 311 g/mol. The minimum Gasteiger partial charge on any atom is -0.326 e. The fraction of sp³-hybridized carbons (Fsp3) is 0.308. The quantitative estimate of drug-likeness (QED) is 0.845. The van der Waals surface area contributed by atoms with Gasteiger partial charge in [0, 0.05) is 24.9 Å². The van der Waals surface area contributed by atoms with Gasteiger partial charge in [-0.15, -0.1) is 11.3 Å². The van der Waals surface area contributed by atoms with E-state index in [9.17, 15) is 8.42 Å². The van der Waals surface area contributed by atoms with Crippen LogP contribution in [-0.4, -0.2) is 19.9 Å². The second-order valence-corrected chi connectivity index (χ2v) is 6.89. The van der Waals surface area contributed by atoms with E-state index in [2.05, 4.69) is 9.71 Å². The van der Waals surface area contributed by atoms with Crippen molar-refractivity contribution >= 4 is 21.4 Å². The Labute approximate surface area is 122 Å². The van der Waals surface area contributed by atoms with Crippen LogP contribution in [-0.2, 0) is 23.0 Å². The fourth-order valence-electron chi connectivity index (χ4n) is 1.81. The molecule has 0 aliphatic rings. The number of hydrogen-bond acceptors (Lipinski definition) is 5. The standard InChI is InChI=1S/C13H17N3O2S2/c1-10-2-3-11(7-14)6-13(10)20(17,18)16-5-4-12-8-19-9-15-12/h2-3,6,8-9,16H,4-5,7,14H2,1H3. The molecule has 5 nitrogen and oxygen atoms in total. The van der Waals surface area contributed by atoms with E-state index in [1.54, 1.807) is 24.6 Å². The number of nitrogens with one attached hydrogen (secondary N) is 1. The lowest BCUT2D eigenvalue weighted by molar-refractivity contribution is 0.580. The maximum atomic E-state index is 12.3. The number of hydrogen-bond donors (Lipinski definition) is 2. The first-order valence-electron chi connectivity index (χ1n) is 6.19. The second-order valence-electron chi connectivity index (χ2n) is 4.43. The molecule has 0 aliphatic carbocycles. The number of rotatable bonds is 6. The van der Waals surface area contributed by atoms with Gasteiger partial charge in [-0.05, 0) is 24.1 Å². The number of sulfonamides is 1. The van der Waals surface area contributed by atoms with Gasteiger partial charge in [0.15, 0.2) is 0 Å². The van der Waals surface area contributed by atoms with Crippen LogP contribution in [0.25, 0.3) is 0 Å². The first kappa shape index (κ1) is 15.1. The lowest BCUT2D eigenvalue weighted by atomic mass is 10.1. The van der Waals surface area contributed by atoms with E-state index in [0.717, 1.165) is 11.3 Å². The molecule has 0 aliphatic heterocycles. The van der Waals surface area contributed by atoms with Crippen LogP contribution in [0.1, 0.15) is 16.8 Å². The van der Waals surface area contributed by atoms with Crippen LogP contribution in [0.5, 0.6) is 0 Å². The molecule has 0 unspecified atom stereocenters. The van der Waals surface area contributed by atoms with Gasteiger partial charge in [0.1, 0.15) is 0 Å². The van der Waals surface area contributed by atoms with Crippen LogP contribution in [0.15, 0.2) is 34.0 Å². The highest BCUT2D eigenvalue weighted by Crippen LogP contribution is 2.16. The normalized spacial score (nSPS) is 11.7. The summed E-state index contributed by atoms with van der Waals surface area (Å²) in [6.45, 7) is 2.43. The summed E-state index contributed by atoms with van der Waals surface area (Å²) in [5, 5.41) is 1.91. The maximum Gasteiger partial charge on any atom is 0.240 e. The predicted octanol–water partition coefficient (Wildman–Crippen LogP) is 1.43.